The molecule has 0 unspecified atom stereocenters. The lowest BCUT2D eigenvalue weighted by atomic mass is 10.1. The van der Waals surface area contributed by atoms with E-state index in [9.17, 15) is 4.79 Å². The van der Waals surface area contributed by atoms with Gasteiger partial charge in [0.15, 0.2) is 5.15 Å². The third-order valence-corrected chi connectivity index (χ3v) is 2.91. The molecule has 1 aromatic heterocycles. The number of hydrogen-bond donors (Lipinski definition) is 1. The van der Waals surface area contributed by atoms with Gasteiger partial charge in [0.1, 0.15) is 0 Å². The number of aryl methyl sites for hydroxylation is 2. The Kier molecular flexibility index (Phi) is 3.34. The van der Waals surface area contributed by atoms with Crippen LogP contribution in [0.5, 0.6) is 0 Å². The molecular formula is C12H12ClN3O2. The molecule has 0 saturated carbocycles. The minimum absolute atomic E-state index is 0.123. The van der Waals surface area contributed by atoms with Crippen molar-refractivity contribution in [2.24, 2.45) is 0 Å². The number of halogens is 1. The van der Waals surface area contributed by atoms with Crippen molar-refractivity contribution in [3.63, 3.8) is 0 Å². The van der Waals surface area contributed by atoms with Crippen LogP contribution in [0.1, 0.15) is 16.8 Å². The first-order chi connectivity index (χ1) is 8.49. The van der Waals surface area contributed by atoms with Crippen LogP contribution in [-0.4, -0.2) is 26.1 Å². The van der Waals surface area contributed by atoms with Gasteiger partial charge in [-0.1, -0.05) is 34.5 Å². The maximum Gasteiger partial charge on any atom is 0.309 e. The highest BCUT2D eigenvalue weighted by atomic mass is 35.5. The van der Waals surface area contributed by atoms with Gasteiger partial charge in [0, 0.05) is 0 Å². The highest BCUT2D eigenvalue weighted by molar-refractivity contribution is 6.30. The Bertz CT molecular complexity index is 607. The number of carbonyl (C=O) groups is 1. The lowest BCUT2D eigenvalue weighted by molar-refractivity contribution is -0.136. The lowest BCUT2D eigenvalue weighted by Gasteiger charge is -2.08. The molecule has 0 fully saturated rings. The van der Waals surface area contributed by atoms with Crippen LogP contribution in [0, 0.1) is 13.8 Å². The fraction of sp³-hybridized carbons (Fsp3) is 0.250. The number of nitrogens with zero attached hydrogens (tertiary/aromatic N) is 3. The van der Waals surface area contributed by atoms with Gasteiger partial charge in [-0.25, -0.2) is 4.68 Å². The Balaban J connectivity index is 2.53. The molecular weight excluding hydrogens is 254 g/mol. The standard InChI is InChI=1S/C12H12ClN3O2/c1-7-3-4-9(8(2)5-7)16-10(6-11(17)18)12(13)14-15-16/h3-5H,6H2,1-2H3,(H,17,18). The van der Waals surface area contributed by atoms with Gasteiger partial charge >= 0.3 is 5.97 Å². The topological polar surface area (TPSA) is 68.0 Å². The molecule has 1 aromatic carbocycles. The van der Waals surface area contributed by atoms with Crippen LogP contribution in [0.15, 0.2) is 18.2 Å². The minimum Gasteiger partial charge on any atom is -0.481 e. The molecule has 0 radical (unpaired) electrons. The summed E-state index contributed by atoms with van der Waals surface area (Å²) in [6.45, 7) is 3.92. The average molecular weight is 266 g/mol. The van der Waals surface area contributed by atoms with Gasteiger partial charge in [0.2, 0.25) is 0 Å². The number of benzene rings is 1. The Labute approximate surface area is 109 Å². The van der Waals surface area contributed by atoms with Crippen molar-refractivity contribution >= 4 is 17.6 Å². The molecule has 2 aromatic rings. The Morgan fingerprint density at radius 3 is 2.78 bits per heavy atom. The summed E-state index contributed by atoms with van der Waals surface area (Å²) < 4.78 is 1.48. The molecule has 0 aliphatic rings. The first-order valence-corrected chi connectivity index (χ1v) is 5.76. The normalized spacial score (nSPS) is 10.6. The van der Waals surface area contributed by atoms with Crippen molar-refractivity contribution in [2.45, 2.75) is 20.3 Å². The predicted octanol–water partition coefficient (Wildman–Crippen LogP) is 2.16. The highest BCUT2D eigenvalue weighted by Crippen LogP contribution is 2.21. The second-order valence-electron chi connectivity index (χ2n) is 4.10. The van der Waals surface area contributed by atoms with E-state index in [0.29, 0.717) is 5.69 Å². The SMILES string of the molecule is Cc1ccc(-n2nnc(Cl)c2CC(=O)O)c(C)c1. The van der Waals surface area contributed by atoms with E-state index in [4.69, 9.17) is 16.7 Å². The Morgan fingerprint density at radius 2 is 2.17 bits per heavy atom. The van der Waals surface area contributed by atoms with E-state index < -0.39 is 5.97 Å². The summed E-state index contributed by atoms with van der Waals surface area (Å²) in [7, 11) is 0. The molecule has 1 N–H and O–H groups in total. The fourth-order valence-electron chi connectivity index (χ4n) is 1.81. The number of aromatic nitrogens is 3. The Morgan fingerprint density at radius 1 is 1.44 bits per heavy atom. The summed E-state index contributed by atoms with van der Waals surface area (Å²) in [6.07, 6.45) is -0.209. The number of rotatable bonds is 3. The van der Waals surface area contributed by atoms with E-state index >= 15 is 0 Å². The van der Waals surface area contributed by atoms with Crippen LogP contribution in [0.25, 0.3) is 5.69 Å². The minimum atomic E-state index is -0.967. The summed E-state index contributed by atoms with van der Waals surface area (Å²) in [4.78, 5) is 10.8. The third kappa shape index (κ3) is 2.36. The van der Waals surface area contributed by atoms with E-state index in [1.165, 1.54) is 4.68 Å². The summed E-state index contributed by atoms with van der Waals surface area (Å²) in [6, 6.07) is 5.80. The Hall–Kier alpha value is -1.88. The zero-order chi connectivity index (χ0) is 13.3. The van der Waals surface area contributed by atoms with Crippen molar-refractivity contribution < 1.29 is 9.90 Å². The summed E-state index contributed by atoms with van der Waals surface area (Å²) in [5.74, 6) is -0.967. The molecule has 18 heavy (non-hydrogen) atoms. The number of carboxylic acid groups (broad SMARTS) is 1. The molecule has 1 heterocycles. The molecule has 5 nitrogen and oxygen atoms in total. The molecule has 0 saturated heterocycles. The van der Waals surface area contributed by atoms with Gasteiger partial charge in [0.25, 0.3) is 0 Å². The quantitative estimate of drug-likeness (QED) is 0.923. The van der Waals surface area contributed by atoms with E-state index in [2.05, 4.69) is 10.3 Å². The molecule has 0 bridgehead atoms. The molecule has 0 aliphatic carbocycles. The summed E-state index contributed by atoms with van der Waals surface area (Å²) in [5, 5.41) is 16.6. The molecule has 0 spiro atoms. The number of carboxylic acids is 1. The van der Waals surface area contributed by atoms with Crippen molar-refractivity contribution in [3.05, 3.63) is 40.2 Å². The molecule has 0 atom stereocenters. The van der Waals surface area contributed by atoms with E-state index in [1.54, 1.807) is 0 Å². The number of aliphatic carboxylic acids is 1. The van der Waals surface area contributed by atoms with Crippen molar-refractivity contribution in [1.29, 1.82) is 0 Å². The monoisotopic (exact) mass is 265 g/mol. The van der Waals surface area contributed by atoms with Crippen LogP contribution in [-0.2, 0) is 11.2 Å². The van der Waals surface area contributed by atoms with Crippen LogP contribution < -0.4 is 0 Å². The molecule has 0 amide bonds. The first-order valence-electron chi connectivity index (χ1n) is 5.38. The zero-order valence-electron chi connectivity index (χ0n) is 10.0. The van der Waals surface area contributed by atoms with E-state index in [1.807, 2.05) is 32.0 Å². The first kappa shape index (κ1) is 12.6. The molecule has 2 rings (SSSR count). The van der Waals surface area contributed by atoms with Crippen LogP contribution in [0.2, 0.25) is 5.15 Å². The molecule has 94 valence electrons. The van der Waals surface area contributed by atoms with Crippen LogP contribution >= 0.6 is 11.6 Å². The van der Waals surface area contributed by atoms with E-state index in [0.717, 1.165) is 16.8 Å². The molecule has 0 aliphatic heterocycles. The average Bonchev–Trinajstić information content (AvgIpc) is 2.60. The number of hydrogen-bond acceptors (Lipinski definition) is 3. The molecule has 6 heteroatoms. The van der Waals surface area contributed by atoms with Crippen LogP contribution in [0.4, 0.5) is 0 Å². The fourth-order valence-corrected chi connectivity index (χ4v) is 1.99. The van der Waals surface area contributed by atoms with Gasteiger partial charge in [-0.15, -0.1) is 5.10 Å². The van der Waals surface area contributed by atoms with Crippen molar-refractivity contribution in [1.82, 2.24) is 15.0 Å². The maximum absolute atomic E-state index is 10.8. The van der Waals surface area contributed by atoms with Gasteiger partial charge in [-0.3, -0.25) is 4.79 Å². The van der Waals surface area contributed by atoms with Crippen molar-refractivity contribution in [3.8, 4) is 5.69 Å². The highest BCUT2D eigenvalue weighted by Gasteiger charge is 2.16. The second kappa shape index (κ2) is 4.78. The largest absolute Gasteiger partial charge is 0.481 e. The van der Waals surface area contributed by atoms with Crippen molar-refractivity contribution in [2.75, 3.05) is 0 Å². The lowest BCUT2D eigenvalue weighted by Crippen LogP contribution is -2.09. The predicted molar refractivity (Wildman–Crippen MR) is 67.2 cm³/mol. The van der Waals surface area contributed by atoms with Gasteiger partial charge < -0.3 is 5.11 Å². The van der Waals surface area contributed by atoms with Gasteiger partial charge in [-0.2, -0.15) is 0 Å². The van der Waals surface area contributed by atoms with Gasteiger partial charge in [-0.05, 0) is 25.5 Å². The smallest absolute Gasteiger partial charge is 0.309 e. The summed E-state index contributed by atoms with van der Waals surface area (Å²) >= 11 is 5.86. The maximum atomic E-state index is 10.8. The van der Waals surface area contributed by atoms with Crippen LogP contribution in [0.3, 0.4) is 0 Å². The van der Waals surface area contributed by atoms with E-state index in [-0.39, 0.29) is 11.6 Å². The second-order valence-corrected chi connectivity index (χ2v) is 4.46. The third-order valence-electron chi connectivity index (χ3n) is 2.61. The summed E-state index contributed by atoms with van der Waals surface area (Å²) in [5.41, 5.74) is 3.29. The van der Waals surface area contributed by atoms with Gasteiger partial charge in [0.05, 0.1) is 17.8 Å². The zero-order valence-corrected chi connectivity index (χ0v) is 10.8.